The van der Waals surface area contributed by atoms with Crippen molar-refractivity contribution in [2.45, 2.75) is 25.7 Å². The van der Waals surface area contributed by atoms with Gasteiger partial charge in [-0.1, -0.05) is 13.8 Å². The minimum absolute atomic E-state index is 0.0811. The first-order valence-corrected chi connectivity index (χ1v) is 7.02. The van der Waals surface area contributed by atoms with E-state index in [9.17, 15) is 8.42 Å². The highest BCUT2D eigenvalue weighted by Gasteiger charge is 2.08. The van der Waals surface area contributed by atoms with Crippen LogP contribution in [0.2, 0.25) is 0 Å². The molecule has 0 aliphatic heterocycles. The highest BCUT2D eigenvalue weighted by Crippen LogP contribution is 2.18. The van der Waals surface area contributed by atoms with Gasteiger partial charge in [0.25, 0.3) is 9.05 Å². The van der Waals surface area contributed by atoms with Crippen molar-refractivity contribution < 1.29 is 13.2 Å². The second kappa shape index (κ2) is 6.69. The van der Waals surface area contributed by atoms with Gasteiger partial charge in [0.2, 0.25) is 0 Å². The molecule has 0 heterocycles. The third-order valence-corrected chi connectivity index (χ3v) is 2.79. The van der Waals surface area contributed by atoms with Crippen LogP contribution in [0.25, 0.3) is 0 Å². The predicted octanol–water partition coefficient (Wildman–Crippen LogP) is 3.04. The van der Waals surface area contributed by atoms with E-state index in [4.69, 9.17) is 15.4 Å². The fraction of sp³-hybridized carbons (Fsp3) is 0.400. The summed E-state index contributed by atoms with van der Waals surface area (Å²) in [6.45, 7) is 6.40. The van der Waals surface area contributed by atoms with Gasteiger partial charge in [0.15, 0.2) is 0 Å². The van der Waals surface area contributed by atoms with Crippen LogP contribution in [0, 0.1) is 0 Å². The van der Waals surface area contributed by atoms with Crippen LogP contribution in [0.4, 0.5) is 0 Å². The molecule has 0 aliphatic carbocycles. The van der Waals surface area contributed by atoms with Crippen molar-refractivity contribution >= 4 is 19.7 Å². The molecule has 1 rings (SSSR count). The highest BCUT2D eigenvalue weighted by atomic mass is 35.7. The lowest BCUT2D eigenvalue weighted by Gasteiger charge is -2.02. The molecule has 15 heavy (non-hydrogen) atoms. The number of halogens is 1. The van der Waals surface area contributed by atoms with Gasteiger partial charge < -0.3 is 4.74 Å². The summed E-state index contributed by atoms with van der Waals surface area (Å²) in [4.78, 5) is 0.0811. The van der Waals surface area contributed by atoms with Crippen molar-refractivity contribution in [2.24, 2.45) is 0 Å². The first-order chi connectivity index (χ1) is 7.04. The van der Waals surface area contributed by atoms with E-state index in [1.54, 1.807) is 12.1 Å². The van der Waals surface area contributed by atoms with E-state index in [-0.39, 0.29) is 4.90 Å². The van der Waals surface area contributed by atoms with Crippen molar-refractivity contribution in [3.8, 4) is 5.75 Å². The maximum absolute atomic E-state index is 10.8. The highest BCUT2D eigenvalue weighted by molar-refractivity contribution is 8.13. The molecule has 0 unspecified atom stereocenters. The first-order valence-electron chi connectivity index (χ1n) is 4.71. The second-order valence-electron chi connectivity index (χ2n) is 2.34. The normalized spacial score (nSPS) is 10.1. The summed E-state index contributed by atoms with van der Waals surface area (Å²) in [5, 5.41) is 0. The lowest BCUT2D eigenvalue weighted by atomic mass is 10.3. The Hall–Kier alpha value is -0.740. The SMILES string of the molecule is CC.CCOc1ccc(S(=O)(=O)Cl)cc1. The van der Waals surface area contributed by atoms with Gasteiger partial charge >= 0.3 is 0 Å². The Morgan fingerprint density at radius 2 is 1.67 bits per heavy atom. The number of ether oxygens (including phenoxy) is 1. The Morgan fingerprint density at radius 1 is 1.20 bits per heavy atom. The maximum atomic E-state index is 10.8. The molecule has 0 radical (unpaired) electrons. The van der Waals surface area contributed by atoms with Crippen LogP contribution in [0.5, 0.6) is 5.75 Å². The quantitative estimate of drug-likeness (QED) is 0.775. The van der Waals surface area contributed by atoms with Gasteiger partial charge in [0.1, 0.15) is 5.75 Å². The summed E-state index contributed by atoms with van der Waals surface area (Å²) in [6.07, 6.45) is 0. The Kier molecular flexibility index (Phi) is 6.36. The molecule has 0 fully saturated rings. The molecule has 1 aromatic rings. The van der Waals surface area contributed by atoms with Crippen molar-refractivity contribution in [3.05, 3.63) is 24.3 Å². The molecule has 3 nitrogen and oxygen atoms in total. The van der Waals surface area contributed by atoms with Gasteiger partial charge in [-0.25, -0.2) is 8.42 Å². The summed E-state index contributed by atoms with van der Waals surface area (Å²) in [7, 11) is 1.50. The number of rotatable bonds is 3. The van der Waals surface area contributed by atoms with Crippen LogP contribution in [-0.4, -0.2) is 15.0 Å². The minimum Gasteiger partial charge on any atom is -0.494 e. The smallest absolute Gasteiger partial charge is 0.261 e. The molecule has 0 aliphatic rings. The third-order valence-electron chi connectivity index (χ3n) is 1.42. The summed E-state index contributed by atoms with van der Waals surface area (Å²) in [6, 6.07) is 5.96. The number of hydrogen-bond acceptors (Lipinski definition) is 3. The molecule has 1 aromatic carbocycles. The lowest BCUT2D eigenvalue weighted by Crippen LogP contribution is -1.93. The zero-order chi connectivity index (χ0) is 11.9. The zero-order valence-corrected chi connectivity index (χ0v) is 10.6. The zero-order valence-electron chi connectivity index (χ0n) is 9.03. The Labute approximate surface area is 95.4 Å². The van der Waals surface area contributed by atoms with E-state index >= 15 is 0 Å². The Morgan fingerprint density at radius 3 is 2.00 bits per heavy atom. The summed E-state index contributed by atoms with van der Waals surface area (Å²) >= 11 is 0. The van der Waals surface area contributed by atoms with Gasteiger partial charge in [-0.2, -0.15) is 0 Å². The number of hydrogen-bond donors (Lipinski definition) is 0. The van der Waals surface area contributed by atoms with Gasteiger partial charge in [-0.05, 0) is 31.2 Å². The lowest BCUT2D eigenvalue weighted by molar-refractivity contribution is 0.340. The molecule has 0 spiro atoms. The van der Waals surface area contributed by atoms with E-state index in [0.717, 1.165) is 0 Å². The maximum Gasteiger partial charge on any atom is 0.261 e. The van der Waals surface area contributed by atoms with Crippen molar-refractivity contribution in [1.29, 1.82) is 0 Å². The van der Waals surface area contributed by atoms with E-state index in [1.165, 1.54) is 12.1 Å². The van der Waals surface area contributed by atoms with Gasteiger partial charge in [-0.3, -0.25) is 0 Å². The van der Waals surface area contributed by atoms with Crippen LogP contribution in [-0.2, 0) is 9.05 Å². The van der Waals surface area contributed by atoms with E-state index < -0.39 is 9.05 Å². The fourth-order valence-electron chi connectivity index (χ4n) is 0.865. The first kappa shape index (κ1) is 14.3. The largest absolute Gasteiger partial charge is 0.494 e. The van der Waals surface area contributed by atoms with E-state index in [2.05, 4.69) is 0 Å². The Bertz CT molecular complexity index is 370. The summed E-state index contributed by atoms with van der Waals surface area (Å²) in [5.41, 5.74) is 0. The van der Waals surface area contributed by atoms with Crippen molar-refractivity contribution in [2.75, 3.05) is 6.61 Å². The Balaban J connectivity index is 0.000000921. The van der Waals surface area contributed by atoms with Crippen LogP contribution in [0.1, 0.15) is 20.8 Å². The molecule has 0 saturated carbocycles. The molecule has 0 amide bonds. The van der Waals surface area contributed by atoms with Crippen molar-refractivity contribution in [3.63, 3.8) is 0 Å². The summed E-state index contributed by atoms with van der Waals surface area (Å²) in [5.74, 6) is 0.631. The van der Waals surface area contributed by atoms with Gasteiger partial charge in [-0.15, -0.1) is 0 Å². The molecule has 0 saturated heterocycles. The van der Waals surface area contributed by atoms with Crippen LogP contribution in [0.15, 0.2) is 29.2 Å². The monoisotopic (exact) mass is 250 g/mol. The van der Waals surface area contributed by atoms with Gasteiger partial charge in [0, 0.05) is 10.7 Å². The number of benzene rings is 1. The third kappa shape index (κ3) is 5.04. The molecule has 0 atom stereocenters. The molecular formula is C10H15ClO3S. The van der Waals surface area contributed by atoms with Crippen LogP contribution >= 0.6 is 10.7 Å². The molecule has 0 bridgehead atoms. The summed E-state index contributed by atoms with van der Waals surface area (Å²) < 4.78 is 26.8. The van der Waals surface area contributed by atoms with Crippen molar-refractivity contribution in [1.82, 2.24) is 0 Å². The van der Waals surface area contributed by atoms with E-state index in [0.29, 0.717) is 12.4 Å². The molecule has 86 valence electrons. The molecular weight excluding hydrogens is 236 g/mol. The minimum atomic E-state index is -3.62. The molecule has 0 N–H and O–H groups in total. The molecule has 0 aromatic heterocycles. The standard InChI is InChI=1S/C8H9ClO3S.C2H6/c1-2-12-7-3-5-8(6-4-7)13(9,10)11;1-2/h3-6H,2H2,1H3;1-2H3. The van der Waals surface area contributed by atoms with Gasteiger partial charge in [0.05, 0.1) is 11.5 Å². The average molecular weight is 251 g/mol. The van der Waals surface area contributed by atoms with Crippen LogP contribution in [0.3, 0.4) is 0 Å². The second-order valence-corrected chi connectivity index (χ2v) is 4.91. The van der Waals surface area contributed by atoms with E-state index in [1.807, 2.05) is 20.8 Å². The fourth-order valence-corrected chi connectivity index (χ4v) is 1.63. The average Bonchev–Trinajstić information content (AvgIpc) is 2.21. The topological polar surface area (TPSA) is 43.4 Å². The van der Waals surface area contributed by atoms with Crippen LogP contribution < -0.4 is 4.74 Å². The predicted molar refractivity (Wildman–Crippen MR) is 62.0 cm³/mol. The molecule has 5 heteroatoms.